The monoisotopic (exact) mass is 426 g/mol. The summed E-state index contributed by atoms with van der Waals surface area (Å²) in [6.07, 6.45) is 0. The summed E-state index contributed by atoms with van der Waals surface area (Å²) in [5.41, 5.74) is 3.89. The summed E-state index contributed by atoms with van der Waals surface area (Å²) >= 11 is 3.48. The van der Waals surface area contributed by atoms with Crippen LogP contribution in [0, 0.1) is 0 Å². The van der Waals surface area contributed by atoms with Crippen molar-refractivity contribution in [3.8, 4) is 0 Å². The lowest BCUT2D eigenvalue weighted by atomic mass is 10.2. The zero-order valence-electron chi connectivity index (χ0n) is 15.6. The van der Waals surface area contributed by atoms with E-state index in [9.17, 15) is 0 Å². The van der Waals surface area contributed by atoms with Crippen LogP contribution in [-0.4, -0.2) is 54.1 Å². The normalized spacial score (nSPS) is 16.2. The Morgan fingerprint density at radius 1 is 0.926 bits per heavy atom. The Morgan fingerprint density at radius 3 is 2.44 bits per heavy atom. The summed E-state index contributed by atoms with van der Waals surface area (Å²) in [7, 11) is 0. The predicted octanol–water partition coefficient (Wildman–Crippen LogP) is 3.84. The molecule has 0 unspecified atom stereocenters. The maximum Gasteiger partial charge on any atom is 0.0456 e. The van der Waals surface area contributed by atoms with Crippen molar-refractivity contribution in [1.82, 2.24) is 20.1 Å². The number of hydrogen-bond acceptors (Lipinski definition) is 3. The van der Waals surface area contributed by atoms with Crippen LogP contribution in [0.1, 0.15) is 11.3 Å². The minimum atomic E-state index is 0.938. The number of para-hydroxylation sites is 1. The Labute approximate surface area is 169 Å². The summed E-state index contributed by atoms with van der Waals surface area (Å²) in [6, 6.07) is 19.3. The highest BCUT2D eigenvalue weighted by molar-refractivity contribution is 9.10. The van der Waals surface area contributed by atoms with Gasteiger partial charge in [0.1, 0.15) is 0 Å². The topological polar surface area (TPSA) is 34.3 Å². The standard InChI is InChI=1S/C22H27BrN4/c23-20-7-5-18(6-8-20)16-24-9-10-26-11-13-27(14-12-26)17-21-15-19-3-1-2-4-22(19)25-21/h1-8,15,24-25H,9-14,16-17H2. The van der Waals surface area contributed by atoms with Gasteiger partial charge in [0, 0.05) is 68.0 Å². The van der Waals surface area contributed by atoms with Crippen molar-refractivity contribution >= 4 is 26.8 Å². The molecule has 1 aliphatic rings. The molecule has 27 heavy (non-hydrogen) atoms. The minimum Gasteiger partial charge on any atom is -0.357 e. The molecule has 1 aromatic heterocycles. The largest absolute Gasteiger partial charge is 0.357 e. The fourth-order valence-electron chi connectivity index (χ4n) is 3.70. The van der Waals surface area contributed by atoms with Crippen molar-refractivity contribution in [2.75, 3.05) is 39.3 Å². The van der Waals surface area contributed by atoms with E-state index >= 15 is 0 Å². The van der Waals surface area contributed by atoms with Gasteiger partial charge in [0.05, 0.1) is 0 Å². The molecule has 1 fully saturated rings. The van der Waals surface area contributed by atoms with Gasteiger partial charge in [0.15, 0.2) is 0 Å². The highest BCUT2D eigenvalue weighted by Gasteiger charge is 2.17. The number of H-pyrrole nitrogens is 1. The molecule has 0 saturated carbocycles. The van der Waals surface area contributed by atoms with Crippen molar-refractivity contribution in [2.45, 2.75) is 13.1 Å². The molecule has 0 aliphatic carbocycles. The molecule has 0 spiro atoms. The summed E-state index contributed by atoms with van der Waals surface area (Å²) < 4.78 is 1.14. The van der Waals surface area contributed by atoms with Crippen LogP contribution in [0.4, 0.5) is 0 Å². The van der Waals surface area contributed by atoms with Gasteiger partial charge in [-0.2, -0.15) is 0 Å². The van der Waals surface area contributed by atoms with E-state index in [1.165, 1.54) is 22.2 Å². The smallest absolute Gasteiger partial charge is 0.0456 e. The summed E-state index contributed by atoms with van der Waals surface area (Å²) in [6.45, 7) is 8.71. The van der Waals surface area contributed by atoms with Gasteiger partial charge in [0.25, 0.3) is 0 Å². The van der Waals surface area contributed by atoms with E-state index in [2.05, 4.69) is 90.6 Å². The second-order valence-corrected chi connectivity index (χ2v) is 8.22. The molecule has 0 amide bonds. The first kappa shape index (κ1) is 18.7. The molecule has 1 saturated heterocycles. The van der Waals surface area contributed by atoms with Gasteiger partial charge < -0.3 is 10.3 Å². The van der Waals surface area contributed by atoms with Crippen LogP contribution in [0.2, 0.25) is 0 Å². The van der Waals surface area contributed by atoms with Crippen molar-refractivity contribution in [3.05, 3.63) is 70.3 Å². The van der Waals surface area contributed by atoms with E-state index in [-0.39, 0.29) is 0 Å². The fraction of sp³-hybridized carbons (Fsp3) is 0.364. The SMILES string of the molecule is Brc1ccc(CNCCN2CCN(Cc3cc4ccccc4[nH]3)CC2)cc1. The third kappa shape index (κ3) is 5.20. The molecule has 4 rings (SSSR count). The van der Waals surface area contributed by atoms with Gasteiger partial charge in [-0.05, 0) is 35.2 Å². The number of nitrogens with one attached hydrogen (secondary N) is 2. The maximum absolute atomic E-state index is 3.56. The Hall–Kier alpha value is -1.66. The highest BCUT2D eigenvalue weighted by Crippen LogP contribution is 2.16. The number of aromatic nitrogens is 1. The first-order valence-electron chi connectivity index (χ1n) is 9.73. The summed E-state index contributed by atoms with van der Waals surface area (Å²) in [5, 5.41) is 4.87. The maximum atomic E-state index is 3.56. The number of benzene rings is 2. The van der Waals surface area contributed by atoms with Crippen LogP contribution in [0.25, 0.3) is 10.9 Å². The molecule has 0 bridgehead atoms. The Balaban J connectivity index is 1.16. The molecule has 2 heterocycles. The number of aromatic amines is 1. The fourth-order valence-corrected chi connectivity index (χ4v) is 3.97. The van der Waals surface area contributed by atoms with Crippen molar-refractivity contribution in [3.63, 3.8) is 0 Å². The molecule has 5 heteroatoms. The number of halogens is 1. The lowest BCUT2D eigenvalue weighted by molar-refractivity contribution is 0.127. The van der Waals surface area contributed by atoms with Gasteiger partial charge in [-0.25, -0.2) is 0 Å². The molecule has 4 nitrogen and oxygen atoms in total. The van der Waals surface area contributed by atoms with E-state index in [1.54, 1.807) is 0 Å². The minimum absolute atomic E-state index is 0.938. The van der Waals surface area contributed by atoms with Crippen molar-refractivity contribution in [1.29, 1.82) is 0 Å². The number of fused-ring (bicyclic) bond motifs is 1. The van der Waals surface area contributed by atoms with Crippen molar-refractivity contribution in [2.24, 2.45) is 0 Å². The van der Waals surface area contributed by atoms with Crippen LogP contribution in [-0.2, 0) is 13.1 Å². The number of nitrogens with zero attached hydrogens (tertiary/aromatic N) is 2. The average Bonchev–Trinajstić information content (AvgIpc) is 3.10. The van der Waals surface area contributed by atoms with E-state index in [4.69, 9.17) is 0 Å². The van der Waals surface area contributed by atoms with E-state index in [0.29, 0.717) is 0 Å². The first-order valence-corrected chi connectivity index (χ1v) is 10.5. The average molecular weight is 427 g/mol. The molecule has 1 aliphatic heterocycles. The van der Waals surface area contributed by atoms with Crippen LogP contribution in [0.3, 0.4) is 0 Å². The van der Waals surface area contributed by atoms with E-state index < -0.39 is 0 Å². The zero-order chi connectivity index (χ0) is 18.5. The number of piperazine rings is 1. The molecule has 0 radical (unpaired) electrons. The second kappa shape index (κ2) is 9.02. The Morgan fingerprint density at radius 2 is 1.67 bits per heavy atom. The lowest BCUT2D eigenvalue weighted by Crippen LogP contribution is -2.47. The molecule has 2 N–H and O–H groups in total. The van der Waals surface area contributed by atoms with Crippen LogP contribution in [0.5, 0.6) is 0 Å². The number of rotatable bonds is 7. The highest BCUT2D eigenvalue weighted by atomic mass is 79.9. The molecule has 142 valence electrons. The zero-order valence-corrected chi connectivity index (χ0v) is 17.2. The van der Waals surface area contributed by atoms with E-state index in [1.807, 2.05) is 0 Å². The molecular formula is C22H27BrN4. The Bertz CT molecular complexity index is 817. The summed E-state index contributed by atoms with van der Waals surface area (Å²) in [5.74, 6) is 0. The van der Waals surface area contributed by atoms with Crippen molar-refractivity contribution < 1.29 is 0 Å². The van der Waals surface area contributed by atoms with Gasteiger partial charge >= 0.3 is 0 Å². The van der Waals surface area contributed by atoms with Crippen LogP contribution >= 0.6 is 15.9 Å². The molecular weight excluding hydrogens is 400 g/mol. The third-order valence-electron chi connectivity index (χ3n) is 5.29. The van der Waals surface area contributed by atoms with Gasteiger partial charge in [-0.1, -0.05) is 46.3 Å². The molecule has 3 aromatic rings. The molecule has 0 atom stereocenters. The quantitative estimate of drug-likeness (QED) is 0.563. The van der Waals surface area contributed by atoms with Gasteiger partial charge in [0.2, 0.25) is 0 Å². The number of hydrogen-bond donors (Lipinski definition) is 2. The van der Waals surface area contributed by atoms with E-state index in [0.717, 1.165) is 56.8 Å². The van der Waals surface area contributed by atoms with Crippen LogP contribution < -0.4 is 5.32 Å². The second-order valence-electron chi connectivity index (χ2n) is 7.30. The predicted molar refractivity (Wildman–Crippen MR) is 116 cm³/mol. The van der Waals surface area contributed by atoms with Gasteiger partial charge in [-0.3, -0.25) is 9.80 Å². The third-order valence-corrected chi connectivity index (χ3v) is 5.82. The van der Waals surface area contributed by atoms with Crippen LogP contribution in [0.15, 0.2) is 59.1 Å². The molecule has 2 aromatic carbocycles. The summed E-state index contributed by atoms with van der Waals surface area (Å²) in [4.78, 5) is 8.66. The lowest BCUT2D eigenvalue weighted by Gasteiger charge is -2.34. The van der Waals surface area contributed by atoms with Gasteiger partial charge in [-0.15, -0.1) is 0 Å². The Kier molecular flexibility index (Phi) is 6.24. The first-order chi connectivity index (χ1) is 13.3.